The van der Waals surface area contributed by atoms with E-state index < -0.39 is 0 Å². The number of rotatable bonds is 4. The van der Waals surface area contributed by atoms with Gasteiger partial charge in [-0.05, 0) is 65.9 Å². The zero-order valence-electron chi connectivity index (χ0n) is 15.7. The van der Waals surface area contributed by atoms with Crippen LogP contribution in [0.5, 0.6) is 0 Å². The van der Waals surface area contributed by atoms with Crippen LogP contribution >= 0.6 is 22.7 Å². The molecule has 0 saturated carbocycles. The molecule has 0 aliphatic carbocycles. The summed E-state index contributed by atoms with van der Waals surface area (Å²) >= 11 is 3.43. The lowest BCUT2D eigenvalue weighted by atomic mass is 10.1. The summed E-state index contributed by atoms with van der Waals surface area (Å²) in [6.45, 7) is 1.99. The van der Waals surface area contributed by atoms with Crippen molar-refractivity contribution in [2.24, 2.45) is 0 Å². The number of hydrogen-bond donors (Lipinski definition) is 1. The number of fused-ring (bicyclic) bond motifs is 2. The Hall–Kier alpha value is -2.96. The average molecular weight is 418 g/mol. The third-order valence-corrected chi connectivity index (χ3v) is 7.02. The van der Waals surface area contributed by atoms with Crippen molar-refractivity contribution in [1.82, 2.24) is 4.98 Å². The van der Waals surface area contributed by atoms with E-state index in [1.165, 1.54) is 22.2 Å². The Morgan fingerprint density at radius 1 is 1.10 bits per heavy atom. The molecule has 0 fully saturated rings. The molecule has 29 heavy (non-hydrogen) atoms. The van der Waals surface area contributed by atoms with Gasteiger partial charge in [0.25, 0.3) is 0 Å². The first kappa shape index (κ1) is 18.1. The fourth-order valence-electron chi connectivity index (χ4n) is 3.52. The molecule has 3 heterocycles. The first-order valence-corrected chi connectivity index (χ1v) is 11.2. The minimum absolute atomic E-state index is 0.155. The van der Waals surface area contributed by atoms with Gasteiger partial charge in [-0.1, -0.05) is 12.1 Å². The molecular formula is C23H19N3OS2. The van der Waals surface area contributed by atoms with Crippen LogP contribution in [0.3, 0.4) is 0 Å². The number of thiazole rings is 1. The molecule has 2 aromatic carbocycles. The number of anilines is 2. The highest BCUT2D eigenvalue weighted by Gasteiger charge is 2.17. The molecule has 0 bridgehead atoms. The van der Waals surface area contributed by atoms with E-state index in [4.69, 9.17) is 0 Å². The summed E-state index contributed by atoms with van der Waals surface area (Å²) in [7, 11) is 0. The SMILES string of the molecule is O=C(/C=C/c1nc2ccccc2s1)Nc1ccc(N2CCc3sccc3C2)cc1. The number of nitrogens with one attached hydrogen (secondary N) is 1. The Bertz CT molecular complexity index is 1160. The molecule has 1 amide bonds. The first-order valence-electron chi connectivity index (χ1n) is 9.49. The zero-order valence-corrected chi connectivity index (χ0v) is 17.3. The second-order valence-electron chi connectivity index (χ2n) is 6.93. The predicted molar refractivity (Wildman–Crippen MR) is 123 cm³/mol. The number of carbonyl (C=O) groups excluding carboxylic acids is 1. The topological polar surface area (TPSA) is 45.2 Å². The molecule has 1 aliphatic rings. The Morgan fingerprint density at radius 3 is 2.83 bits per heavy atom. The quantitative estimate of drug-likeness (QED) is 0.441. The molecule has 6 heteroatoms. The Labute approximate surface area is 177 Å². The predicted octanol–water partition coefficient (Wildman–Crippen LogP) is 5.57. The summed E-state index contributed by atoms with van der Waals surface area (Å²) in [4.78, 5) is 20.7. The maximum Gasteiger partial charge on any atom is 0.248 e. The van der Waals surface area contributed by atoms with Crippen molar-refractivity contribution in [3.63, 3.8) is 0 Å². The molecule has 0 saturated heterocycles. The van der Waals surface area contributed by atoms with Crippen LogP contribution in [0.25, 0.3) is 16.3 Å². The maximum absolute atomic E-state index is 12.3. The van der Waals surface area contributed by atoms with Crippen LogP contribution in [0.2, 0.25) is 0 Å². The molecule has 0 unspecified atom stereocenters. The van der Waals surface area contributed by atoms with Gasteiger partial charge in [0.1, 0.15) is 5.01 Å². The third kappa shape index (κ3) is 3.95. The van der Waals surface area contributed by atoms with Crippen LogP contribution in [0.15, 0.2) is 66.1 Å². The zero-order chi connectivity index (χ0) is 19.6. The highest BCUT2D eigenvalue weighted by Crippen LogP contribution is 2.28. The van der Waals surface area contributed by atoms with E-state index in [2.05, 4.69) is 38.8 Å². The van der Waals surface area contributed by atoms with Crippen LogP contribution < -0.4 is 10.2 Å². The molecule has 4 aromatic rings. The standard InChI is InChI=1S/C23H19N3OS2/c27-22(9-10-23-25-19-3-1-2-4-21(19)29-23)24-17-5-7-18(8-6-17)26-13-11-20-16(15-26)12-14-28-20/h1-10,12,14H,11,13,15H2,(H,24,27)/b10-9+. The summed E-state index contributed by atoms with van der Waals surface area (Å²) < 4.78 is 1.12. The number of hydrogen-bond acceptors (Lipinski definition) is 5. The van der Waals surface area contributed by atoms with E-state index in [9.17, 15) is 4.79 Å². The summed E-state index contributed by atoms with van der Waals surface area (Å²) in [5.74, 6) is -0.155. The second kappa shape index (κ2) is 7.81. The normalized spacial score (nSPS) is 13.7. The van der Waals surface area contributed by atoms with Gasteiger partial charge in [0.05, 0.1) is 10.2 Å². The minimum Gasteiger partial charge on any atom is -0.367 e. The first-order chi connectivity index (χ1) is 14.2. The molecule has 0 spiro atoms. The van der Waals surface area contributed by atoms with Gasteiger partial charge in [-0.25, -0.2) is 4.98 Å². The van der Waals surface area contributed by atoms with Crippen molar-refractivity contribution in [3.05, 3.63) is 81.5 Å². The minimum atomic E-state index is -0.155. The van der Waals surface area contributed by atoms with E-state index in [0.29, 0.717) is 0 Å². The van der Waals surface area contributed by atoms with E-state index in [0.717, 1.165) is 40.4 Å². The van der Waals surface area contributed by atoms with E-state index in [1.807, 2.05) is 47.7 Å². The summed E-state index contributed by atoms with van der Waals surface area (Å²) in [6.07, 6.45) is 4.40. The molecule has 1 aliphatic heterocycles. The summed E-state index contributed by atoms with van der Waals surface area (Å²) in [6, 6.07) is 18.3. The van der Waals surface area contributed by atoms with Crippen molar-refractivity contribution in [2.75, 3.05) is 16.8 Å². The van der Waals surface area contributed by atoms with Gasteiger partial charge in [-0.2, -0.15) is 0 Å². The number of para-hydroxylation sites is 1. The molecule has 0 atom stereocenters. The lowest BCUT2D eigenvalue weighted by molar-refractivity contribution is -0.111. The van der Waals surface area contributed by atoms with Crippen LogP contribution in [-0.2, 0) is 17.8 Å². The Balaban J connectivity index is 1.22. The summed E-state index contributed by atoms with van der Waals surface area (Å²) in [5.41, 5.74) is 4.37. The van der Waals surface area contributed by atoms with E-state index in [1.54, 1.807) is 17.4 Å². The van der Waals surface area contributed by atoms with Crippen molar-refractivity contribution < 1.29 is 4.79 Å². The van der Waals surface area contributed by atoms with Crippen molar-refractivity contribution in [1.29, 1.82) is 0 Å². The number of nitrogens with zero attached hydrogens (tertiary/aromatic N) is 2. The molecule has 144 valence electrons. The fraction of sp³-hybridized carbons (Fsp3) is 0.130. The lowest BCUT2D eigenvalue weighted by Gasteiger charge is -2.29. The van der Waals surface area contributed by atoms with Crippen molar-refractivity contribution in [3.8, 4) is 0 Å². The van der Waals surface area contributed by atoms with E-state index in [-0.39, 0.29) is 5.91 Å². The Kier molecular flexibility index (Phi) is 4.87. The van der Waals surface area contributed by atoms with Gasteiger partial charge in [0.15, 0.2) is 0 Å². The van der Waals surface area contributed by atoms with Gasteiger partial charge < -0.3 is 10.2 Å². The molecule has 1 N–H and O–H groups in total. The van der Waals surface area contributed by atoms with E-state index >= 15 is 0 Å². The van der Waals surface area contributed by atoms with Gasteiger partial charge in [0.2, 0.25) is 5.91 Å². The lowest BCUT2D eigenvalue weighted by Crippen LogP contribution is -2.29. The molecule has 0 radical (unpaired) electrons. The fourth-order valence-corrected chi connectivity index (χ4v) is 5.28. The van der Waals surface area contributed by atoms with Crippen molar-refractivity contribution in [2.45, 2.75) is 13.0 Å². The van der Waals surface area contributed by atoms with Gasteiger partial charge in [-0.3, -0.25) is 4.79 Å². The van der Waals surface area contributed by atoms with Crippen LogP contribution in [0.1, 0.15) is 15.4 Å². The number of thiophene rings is 1. The largest absolute Gasteiger partial charge is 0.367 e. The monoisotopic (exact) mass is 417 g/mol. The van der Waals surface area contributed by atoms with Gasteiger partial charge in [-0.15, -0.1) is 22.7 Å². The summed E-state index contributed by atoms with van der Waals surface area (Å²) in [5, 5.41) is 5.93. The van der Waals surface area contributed by atoms with Crippen molar-refractivity contribution >= 4 is 56.2 Å². The second-order valence-corrected chi connectivity index (χ2v) is 8.99. The smallest absolute Gasteiger partial charge is 0.248 e. The number of benzene rings is 2. The molecule has 4 nitrogen and oxygen atoms in total. The maximum atomic E-state index is 12.3. The highest BCUT2D eigenvalue weighted by molar-refractivity contribution is 7.19. The van der Waals surface area contributed by atoms with Gasteiger partial charge >= 0.3 is 0 Å². The molecule has 5 rings (SSSR count). The number of carbonyl (C=O) groups is 1. The average Bonchev–Trinajstić information content (AvgIpc) is 3.38. The van der Waals surface area contributed by atoms with Crippen LogP contribution in [-0.4, -0.2) is 17.4 Å². The number of aromatic nitrogens is 1. The Morgan fingerprint density at radius 2 is 1.97 bits per heavy atom. The number of amides is 1. The van der Waals surface area contributed by atoms with Crippen LogP contribution in [0.4, 0.5) is 11.4 Å². The molecule has 2 aromatic heterocycles. The van der Waals surface area contributed by atoms with Crippen LogP contribution in [0, 0.1) is 0 Å². The molecular weight excluding hydrogens is 398 g/mol. The highest BCUT2D eigenvalue weighted by atomic mass is 32.1. The van der Waals surface area contributed by atoms with Gasteiger partial charge in [0, 0.05) is 35.4 Å². The third-order valence-electron chi connectivity index (χ3n) is 5.00.